The Morgan fingerprint density at radius 1 is 1.25 bits per heavy atom. The fourth-order valence-electron chi connectivity index (χ4n) is 2.13. The molecule has 1 aromatic rings. The van der Waals surface area contributed by atoms with Crippen LogP contribution in [0.15, 0.2) is 24.3 Å². The van der Waals surface area contributed by atoms with Crippen molar-refractivity contribution in [1.82, 2.24) is 10.2 Å². The lowest BCUT2D eigenvalue weighted by atomic mass is 10.1. The Balaban J connectivity index is 2.27. The van der Waals surface area contributed by atoms with Gasteiger partial charge in [0.25, 0.3) is 0 Å². The number of hydrogen-bond donors (Lipinski definition) is 1. The van der Waals surface area contributed by atoms with Gasteiger partial charge in [0.2, 0.25) is 5.91 Å². The number of halogens is 1. The number of rotatable bonds is 9. The average molecular weight is 297 g/mol. The molecule has 1 aromatic carbocycles. The van der Waals surface area contributed by atoms with E-state index in [2.05, 4.69) is 25.2 Å². The third kappa shape index (κ3) is 6.40. The highest BCUT2D eigenvalue weighted by Gasteiger charge is 2.10. The van der Waals surface area contributed by atoms with Gasteiger partial charge in [-0.25, -0.2) is 0 Å². The highest BCUT2D eigenvalue weighted by atomic mass is 35.5. The molecule has 1 amide bonds. The zero-order valence-corrected chi connectivity index (χ0v) is 13.2. The number of nitrogens with one attached hydrogen (secondary N) is 1. The van der Waals surface area contributed by atoms with Gasteiger partial charge in [-0.05, 0) is 43.5 Å². The van der Waals surface area contributed by atoms with E-state index in [0.717, 1.165) is 43.9 Å². The van der Waals surface area contributed by atoms with Crippen molar-refractivity contribution < 1.29 is 4.79 Å². The first kappa shape index (κ1) is 17.0. The third-order valence-electron chi connectivity index (χ3n) is 3.10. The van der Waals surface area contributed by atoms with E-state index >= 15 is 0 Å². The molecule has 0 saturated carbocycles. The summed E-state index contributed by atoms with van der Waals surface area (Å²) in [5, 5.41) is 3.98. The van der Waals surface area contributed by atoms with Crippen LogP contribution in [-0.2, 0) is 11.2 Å². The molecule has 0 aliphatic heterocycles. The van der Waals surface area contributed by atoms with Crippen LogP contribution in [0.25, 0.3) is 0 Å². The summed E-state index contributed by atoms with van der Waals surface area (Å²) in [7, 11) is 0. The maximum absolute atomic E-state index is 12.0. The lowest BCUT2D eigenvalue weighted by Gasteiger charge is -2.21. The minimum Gasteiger partial charge on any atom is -0.342 e. The second-order valence-electron chi connectivity index (χ2n) is 4.94. The van der Waals surface area contributed by atoms with Gasteiger partial charge in [0, 0.05) is 18.1 Å². The van der Waals surface area contributed by atoms with E-state index in [-0.39, 0.29) is 5.91 Å². The van der Waals surface area contributed by atoms with Crippen LogP contribution in [0.4, 0.5) is 0 Å². The number of nitrogens with zero attached hydrogens (tertiary/aromatic N) is 1. The zero-order chi connectivity index (χ0) is 14.8. The number of hydrogen-bond acceptors (Lipinski definition) is 2. The first-order valence-corrected chi connectivity index (χ1v) is 7.78. The predicted molar refractivity (Wildman–Crippen MR) is 85.2 cm³/mol. The number of benzene rings is 1. The van der Waals surface area contributed by atoms with Gasteiger partial charge in [0.05, 0.1) is 6.54 Å². The van der Waals surface area contributed by atoms with Crippen LogP contribution in [0.2, 0.25) is 5.02 Å². The standard InChI is InChI=1S/C16H25ClN2O/c1-3-10-19(11-4-2)16(20)13-18-9-8-14-6-5-7-15(17)12-14/h5-7,12,18H,3-4,8-11,13H2,1-2H3. The Morgan fingerprint density at radius 2 is 1.95 bits per heavy atom. The van der Waals surface area contributed by atoms with Crippen LogP contribution < -0.4 is 5.32 Å². The summed E-state index contributed by atoms with van der Waals surface area (Å²) in [4.78, 5) is 14.0. The summed E-state index contributed by atoms with van der Waals surface area (Å²) < 4.78 is 0. The van der Waals surface area contributed by atoms with E-state index in [9.17, 15) is 4.79 Å². The lowest BCUT2D eigenvalue weighted by Crippen LogP contribution is -2.39. The van der Waals surface area contributed by atoms with Gasteiger partial charge in [-0.3, -0.25) is 4.79 Å². The molecule has 0 saturated heterocycles. The normalized spacial score (nSPS) is 10.6. The van der Waals surface area contributed by atoms with E-state index in [1.54, 1.807) is 0 Å². The number of carbonyl (C=O) groups excluding carboxylic acids is 1. The van der Waals surface area contributed by atoms with Crippen molar-refractivity contribution >= 4 is 17.5 Å². The van der Waals surface area contributed by atoms with Crippen LogP contribution in [0.1, 0.15) is 32.3 Å². The van der Waals surface area contributed by atoms with Gasteiger partial charge >= 0.3 is 0 Å². The predicted octanol–water partition coefficient (Wildman–Crippen LogP) is 3.12. The lowest BCUT2D eigenvalue weighted by molar-refractivity contribution is -0.130. The second kappa shape index (κ2) is 9.78. The maximum Gasteiger partial charge on any atom is 0.236 e. The third-order valence-corrected chi connectivity index (χ3v) is 3.33. The van der Waals surface area contributed by atoms with Crippen molar-refractivity contribution in [1.29, 1.82) is 0 Å². The molecule has 4 heteroatoms. The van der Waals surface area contributed by atoms with Crippen LogP contribution in [0, 0.1) is 0 Å². The molecule has 0 spiro atoms. The summed E-state index contributed by atoms with van der Waals surface area (Å²) in [6, 6.07) is 7.84. The summed E-state index contributed by atoms with van der Waals surface area (Å²) in [5.41, 5.74) is 1.19. The molecular weight excluding hydrogens is 272 g/mol. The van der Waals surface area contributed by atoms with Crippen molar-refractivity contribution in [2.45, 2.75) is 33.1 Å². The topological polar surface area (TPSA) is 32.3 Å². The molecule has 0 fully saturated rings. The fourth-order valence-corrected chi connectivity index (χ4v) is 2.35. The van der Waals surface area contributed by atoms with Crippen LogP contribution in [-0.4, -0.2) is 37.0 Å². The Bertz CT molecular complexity index is 403. The van der Waals surface area contributed by atoms with Crippen molar-refractivity contribution in [3.05, 3.63) is 34.9 Å². The molecule has 1 rings (SSSR count). The molecule has 0 bridgehead atoms. The smallest absolute Gasteiger partial charge is 0.236 e. The highest BCUT2D eigenvalue weighted by Crippen LogP contribution is 2.10. The molecule has 0 unspecified atom stereocenters. The summed E-state index contributed by atoms with van der Waals surface area (Å²) >= 11 is 5.94. The molecule has 0 aromatic heterocycles. The minimum atomic E-state index is 0.194. The van der Waals surface area contributed by atoms with Gasteiger partial charge in [-0.1, -0.05) is 37.6 Å². The summed E-state index contributed by atoms with van der Waals surface area (Å²) in [6.45, 7) is 7.11. The zero-order valence-electron chi connectivity index (χ0n) is 12.5. The first-order valence-electron chi connectivity index (χ1n) is 7.40. The Morgan fingerprint density at radius 3 is 2.55 bits per heavy atom. The van der Waals surface area contributed by atoms with Gasteiger partial charge in [-0.2, -0.15) is 0 Å². The van der Waals surface area contributed by atoms with Crippen molar-refractivity contribution in [3.63, 3.8) is 0 Å². The molecule has 20 heavy (non-hydrogen) atoms. The first-order chi connectivity index (χ1) is 9.67. The van der Waals surface area contributed by atoms with Crippen molar-refractivity contribution in [2.75, 3.05) is 26.2 Å². The van der Waals surface area contributed by atoms with Crippen molar-refractivity contribution in [2.24, 2.45) is 0 Å². The Labute approximate surface area is 127 Å². The van der Waals surface area contributed by atoms with E-state index < -0.39 is 0 Å². The molecule has 0 aliphatic rings. The maximum atomic E-state index is 12.0. The van der Waals surface area contributed by atoms with Gasteiger partial charge in [-0.15, -0.1) is 0 Å². The molecule has 0 radical (unpaired) electrons. The molecule has 0 atom stereocenters. The van der Waals surface area contributed by atoms with E-state index in [4.69, 9.17) is 11.6 Å². The van der Waals surface area contributed by atoms with Crippen LogP contribution >= 0.6 is 11.6 Å². The number of carbonyl (C=O) groups is 1. The van der Waals surface area contributed by atoms with Crippen molar-refractivity contribution in [3.8, 4) is 0 Å². The molecule has 1 N–H and O–H groups in total. The molecule has 0 heterocycles. The highest BCUT2D eigenvalue weighted by molar-refractivity contribution is 6.30. The monoisotopic (exact) mass is 296 g/mol. The van der Waals surface area contributed by atoms with Gasteiger partial charge in [0.15, 0.2) is 0 Å². The molecule has 3 nitrogen and oxygen atoms in total. The average Bonchev–Trinajstić information content (AvgIpc) is 2.43. The largest absolute Gasteiger partial charge is 0.342 e. The van der Waals surface area contributed by atoms with E-state index in [1.165, 1.54) is 5.56 Å². The number of amides is 1. The quantitative estimate of drug-likeness (QED) is 0.710. The van der Waals surface area contributed by atoms with Crippen LogP contribution in [0.3, 0.4) is 0 Å². The molecule has 0 aliphatic carbocycles. The van der Waals surface area contributed by atoms with E-state index in [1.807, 2.05) is 23.1 Å². The second-order valence-corrected chi connectivity index (χ2v) is 5.37. The van der Waals surface area contributed by atoms with E-state index in [0.29, 0.717) is 6.54 Å². The Kier molecular flexibility index (Phi) is 8.31. The van der Waals surface area contributed by atoms with Gasteiger partial charge in [0.1, 0.15) is 0 Å². The summed E-state index contributed by atoms with van der Waals surface area (Å²) in [5.74, 6) is 0.194. The fraction of sp³-hybridized carbons (Fsp3) is 0.562. The molecular formula is C16H25ClN2O. The minimum absolute atomic E-state index is 0.194. The SMILES string of the molecule is CCCN(CCC)C(=O)CNCCc1cccc(Cl)c1. The van der Waals surface area contributed by atoms with Crippen LogP contribution in [0.5, 0.6) is 0 Å². The molecule has 112 valence electrons. The Hall–Kier alpha value is -1.06. The summed E-state index contributed by atoms with van der Waals surface area (Å²) in [6.07, 6.45) is 2.90. The van der Waals surface area contributed by atoms with Gasteiger partial charge < -0.3 is 10.2 Å².